The normalized spacial score (nSPS) is 12.9. The minimum Gasteiger partial charge on any atom is -0.395 e. The lowest BCUT2D eigenvalue weighted by atomic mass is 9.72. The molecule has 10 nitrogen and oxygen atoms in total. The number of hydrogen-bond donors (Lipinski definition) is 2. The Morgan fingerprint density at radius 3 is 1.24 bits per heavy atom. The molecule has 2 N–H and O–H groups in total. The third kappa shape index (κ3) is 14.6. The van der Waals surface area contributed by atoms with Crippen molar-refractivity contribution in [3.8, 4) is 32.0 Å². The first-order valence-electron chi connectivity index (χ1n) is 25.0. The number of anilines is 2. The van der Waals surface area contributed by atoms with Gasteiger partial charge in [-0.2, -0.15) is 0 Å². The van der Waals surface area contributed by atoms with Crippen molar-refractivity contribution in [3.63, 3.8) is 0 Å². The minimum absolute atomic E-state index is 0.134. The molecule has 0 saturated carbocycles. The second-order valence-electron chi connectivity index (χ2n) is 17.4. The number of hydrogen-bond acceptors (Lipinski definition) is 12. The molecule has 2 aromatic heterocycles. The van der Waals surface area contributed by atoms with Gasteiger partial charge >= 0.3 is 0 Å². The standard InChI is InChI=1S/C59H72N2O8S2/c1-5-60(29-31-62)49-15-7-45(8-16-49)11-19-51-21-25-57(70-51)47-13-23-53-54-24-14-48(58-26-22-52(71-58)20-12-46-9-17-50(18-10-46)61(6-2)30-32-63)44-56(54)59(55(53)43-47,27-33-66-39-41-68-37-35-64-3)28-34-67-40-42-69-38-36-65-4/h7-26,43-44,62-63H,5-6,27-42H2,1-4H3/b19-11+,20-12+. The fourth-order valence-corrected chi connectivity index (χ4v) is 11.0. The van der Waals surface area contributed by atoms with Crippen molar-refractivity contribution in [1.82, 2.24) is 0 Å². The van der Waals surface area contributed by atoms with Crippen molar-refractivity contribution in [1.29, 1.82) is 0 Å². The van der Waals surface area contributed by atoms with Crippen LogP contribution in [0.2, 0.25) is 0 Å². The molecule has 0 spiro atoms. The van der Waals surface area contributed by atoms with E-state index < -0.39 is 5.41 Å². The average molecular weight is 1000 g/mol. The van der Waals surface area contributed by atoms with Crippen LogP contribution in [0.15, 0.2) is 109 Å². The van der Waals surface area contributed by atoms with E-state index in [1.165, 1.54) is 52.9 Å². The van der Waals surface area contributed by atoms with Gasteiger partial charge in [0.05, 0.1) is 66.1 Å². The first-order chi connectivity index (χ1) is 34.9. The summed E-state index contributed by atoms with van der Waals surface area (Å²) in [4.78, 5) is 9.14. The molecule has 1 aliphatic rings. The van der Waals surface area contributed by atoms with E-state index in [9.17, 15) is 10.2 Å². The van der Waals surface area contributed by atoms with E-state index >= 15 is 0 Å². The molecule has 0 amide bonds. The number of ether oxygens (including phenoxy) is 6. The maximum absolute atomic E-state index is 9.49. The number of likely N-dealkylation sites (N-methyl/N-ethyl adjacent to an activating group) is 2. The van der Waals surface area contributed by atoms with Gasteiger partial charge in [-0.25, -0.2) is 0 Å². The van der Waals surface area contributed by atoms with Crippen LogP contribution in [0.25, 0.3) is 56.3 Å². The van der Waals surface area contributed by atoms with Crippen LogP contribution in [0.5, 0.6) is 0 Å². The van der Waals surface area contributed by atoms with Gasteiger partial charge in [-0.3, -0.25) is 0 Å². The van der Waals surface area contributed by atoms with Crippen LogP contribution in [-0.2, 0) is 33.8 Å². The monoisotopic (exact) mass is 1000 g/mol. The molecule has 0 atom stereocenters. The number of methoxy groups -OCH3 is 2. The number of aliphatic hydroxyl groups excluding tert-OH is 2. The maximum atomic E-state index is 9.49. The van der Waals surface area contributed by atoms with Gasteiger partial charge in [0.25, 0.3) is 0 Å². The van der Waals surface area contributed by atoms with E-state index in [0.29, 0.717) is 79.2 Å². The lowest BCUT2D eigenvalue weighted by molar-refractivity contribution is 0.0145. The van der Waals surface area contributed by atoms with Gasteiger partial charge in [-0.1, -0.05) is 60.7 Å². The summed E-state index contributed by atoms with van der Waals surface area (Å²) in [5, 5.41) is 19.0. The number of thiophene rings is 2. The Labute approximate surface area is 429 Å². The molecule has 0 fully saturated rings. The topological polar surface area (TPSA) is 102 Å². The highest BCUT2D eigenvalue weighted by Gasteiger charge is 2.43. The SMILES string of the molecule is CCN(CCO)c1ccc(/C=C/c2ccc(-c3ccc4c(c3)C(CCOCCOCCOC)(CCOCCOCCOC)c3cc(-c5ccc(/C=C/c6ccc(N(CC)CCO)cc6)s5)ccc3-4)s2)cc1. The first kappa shape index (κ1) is 53.8. The van der Waals surface area contributed by atoms with Crippen molar-refractivity contribution < 1.29 is 38.6 Å². The van der Waals surface area contributed by atoms with Gasteiger partial charge in [0.1, 0.15) is 0 Å². The van der Waals surface area contributed by atoms with Crippen molar-refractivity contribution in [2.24, 2.45) is 0 Å². The number of rotatable bonds is 32. The molecule has 1 aliphatic carbocycles. The lowest BCUT2D eigenvalue weighted by Gasteiger charge is -2.33. The molecular weight excluding hydrogens is 929 g/mol. The van der Waals surface area contributed by atoms with Crippen LogP contribution < -0.4 is 9.80 Å². The highest BCUT2D eigenvalue weighted by Crippen LogP contribution is 2.55. The van der Waals surface area contributed by atoms with Crippen LogP contribution in [-0.4, -0.2) is 130 Å². The fraction of sp³-hybridized carbons (Fsp3) is 0.390. The summed E-state index contributed by atoms with van der Waals surface area (Å²) in [6.45, 7) is 12.7. The van der Waals surface area contributed by atoms with E-state index in [1.54, 1.807) is 36.9 Å². The molecule has 0 saturated heterocycles. The predicted molar refractivity (Wildman–Crippen MR) is 296 cm³/mol. The van der Waals surface area contributed by atoms with Gasteiger partial charge in [-0.05, 0) is 144 Å². The molecular formula is C59H72N2O8S2. The Morgan fingerprint density at radius 2 is 0.859 bits per heavy atom. The molecule has 378 valence electrons. The number of fused-ring (bicyclic) bond motifs is 3. The minimum atomic E-state index is -0.391. The molecule has 0 bridgehead atoms. The van der Waals surface area contributed by atoms with Gasteiger partial charge in [-0.15, -0.1) is 22.7 Å². The van der Waals surface area contributed by atoms with Crippen LogP contribution in [0.3, 0.4) is 0 Å². The smallest absolute Gasteiger partial charge is 0.0701 e. The second kappa shape index (κ2) is 28.3. The summed E-state index contributed by atoms with van der Waals surface area (Å²) in [7, 11) is 3.36. The number of aliphatic hydroxyl groups is 2. The summed E-state index contributed by atoms with van der Waals surface area (Å²) in [5.74, 6) is 0. The third-order valence-electron chi connectivity index (χ3n) is 13.0. The van der Waals surface area contributed by atoms with Crippen molar-refractivity contribution >= 4 is 58.4 Å². The Morgan fingerprint density at radius 1 is 0.465 bits per heavy atom. The molecule has 71 heavy (non-hydrogen) atoms. The maximum Gasteiger partial charge on any atom is 0.0701 e. The molecule has 0 aliphatic heterocycles. The Balaban J connectivity index is 1.17. The van der Waals surface area contributed by atoms with E-state index in [1.807, 2.05) is 0 Å². The van der Waals surface area contributed by atoms with Crippen LogP contribution >= 0.6 is 22.7 Å². The summed E-state index contributed by atoms with van der Waals surface area (Å²) < 4.78 is 34.6. The van der Waals surface area contributed by atoms with Gasteiger partial charge in [0.2, 0.25) is 0 Å². The van der Waals surface area contributed by atoms with E-state index in [-0.39, 0.29) is 13.2 Å². The Bertz CT molecular complexity index is 2390. The quantitative estimate of drug-likeness (QED) is 0.0397. The van der Waals surface area contributed by atoms with Crippen molar-refractivity contribution in [2.45, 2.75) is 32.1 Å². The molecule has 12 heteroatoms. The van der Waals surface area contributed by atoms with Crippen LogP contribution in [0.1, 0.15) is 58.7 Å². The number of nitrogens with zero attached hydrogens (tertiary/aromatic N) is 2. The number of benzene rings is 4. The second-order valence-corrected chi connectivity index (χ2v) is 19.6. The average Bonchev–Trinajstić information content (AvgIpc) is 4.15. The van der Waals surface area contributed by atoms with E-state index in [4.69, 9.17) is 28.4 Å². The molecule has 2 heterocycles. The zero-order valence-corrected chi connectivity index (χ0v) is 43.6. The summed E-state index contributed by atoms with van der Waals surface area (Å²) in [6, 6.07) is 40.0. The summed E-state index contributed by atoms with van der Waals surface area (Å²) in [6.07, 6.45) is 10.3. The molecule has 6 aromatic rings. The lowest BCUT2D eigenvalue weighted by Crippen LogP contribution is -2.30. The highest BCUT2D eigenvalue weighted by atomic mass is 32.1. The van der Waals surface area contributed by atoms with E-state index in [0.717, 1.165) is 48.4 Å². The van der Waals surface area contributed by atoms with Crippen LogP contribution in [0.4, 0.5) is 11.4 Å². The Kier molecular flexibility index (Phi) is 21.5. The first-order valence-corrected chi connectivity index (χ1v) is 26.6. The fourth-order valence-electron chi connectivity index (χ4n) is 9.21. The third-order valence-corrected chi connectivity index (χ3v) is 15.2. The summed E-state index contributed by atoms with van der Waals surface area (Å²) in [5.41, 5.74) is 11.6. The Hall–Kier alpha value is -4.96. The molecule has 7 rings (SSSR count). The van der Waals surface area contributed by atoms with Crippen LogP contribution in [0, 0.1) is 0 Å². The zero-order chi connectivity index (χ0) is 49.7. The zero-order valence-electron chi connectivity index (χ0n) is 42.0. The highest BCUT2D eigenvalue weighted by molar-refractivity contribution is 7.16. The van der Waals surface area contributed by atoms with Gasteiger partial charge in [0, 0.05) is 89.9 Å². The molecule has 0 radical (unpaired) electrons. The van der Waals surface area contributed by atoms with Gasteiger partial charge in [0.15, 0.2) is 0 Å². The van der Waals surface area contributed by atoms with E-state index in [2.05, 4.69) is 157 Å². The summed E-state index contributed by atoms with van der Waals surface area (Å²) >= 11 is 3.59. The van der Waals surface area contributed by atoms with Gasteiger partial charge < -0.3 is 48.4 Å². The van der Waals surface area contributed by atoms with Crippen molar-refractivity contribution in [3.05, 3.63) is 141 Å². The largest absolute Gasteiger partial charge is 0.395 e. The molecule has 4 aromatic carbocycles. The van der Waals surface area contributed by atoms with Crippen molar-refractivity contribution in [2.75, 3.05) is 129 Å². The molecule has 0 unspecified atom stereocenters. The predicted octanol–water partition coefficient (Wildman–Crippen LogP) is 11.5.